The number of hydrogen-bond acceptors (Lipinski definition) is 2. The maximum atomic E-state index is 13.9. The average molecular weight is 300 g/mol. The normalized spacial score (nSPS) is 12.8. The van der Waals surface area contributed by atoms with Crippen molar-refractivity contribution >= 4 is 27.3 Å². The highest BCUT2D eigenvalue weighted by Gasteiger charge is 2.16. The molecule has 0 saturated heterocycles. The second kappa shape index (κ2) is 4.65. The first kappa shape index (κ1) is 11.8. The average Bonchev–Trinajstić information content (AvgIpc) is 2.75. The quantitative estimate of drug-likeness (QED) is 0.891. The van der Waals surface area contributed by atoms with Gasteiger partial charge in [0.1, 0.15) is 5.82 Å². The molecule has 1 heterocycles. The molecule has 0 aliphatic heterocycles. The minimum atomic E-state index is -0.392. The summed E-state index contributed by atoms with van der Waals surface area (Å²) in [6, 6.07) is 6.94. The summed E-state index contributed by atoms with van der Waals surface area (Å²) < 4.78 is 14.8. The molecular weight excluding hydrogens is 289 g/mol. The van der Waals surface area contributed by atoms with E-state index in [4.69, 9.17) is 5.73 Å². The van der Waals surface area contributed by atoms with E-state index >= 15 is 0 Å². The molecule has 84 valence electrons. The van der Waals surface area contributed by atoms with Gasteiger partial charge in [-0.2, -0.15) is 0 Å². The highest BCUT2D eigenvalue weighted by atomic mass is 79.9. The lowest BCUT2D eigenvalue weighted by Crippen LogP contribution is -2.13. The maximum Gasteiger partial charge on any atom is 0.131 e. The van der Waals surface area contributed by atoms with E-state index in [1.165, 1.54) is 11.3 Å². The second-order valence-corrected chi connectivity index (χ2v) is 5.51. The van der Waals surface area contributed by atoms with E-state index in [-0.39, 0.29) is 5.82 Å². The van der Waals surface area contributed by atoms with Crippen LogP contribution in [0.2, 0.25) is 0 Å². The molecule has 1 aromatic heterocycles. The van der Waals surface area contributed by atoms with Gasteiger partial charge < -0.3 is 5.73 Å². The molecule has 0 fully saturated rings. The van der Waals surface area contributed by atoms with Crippen molar-refractivity contribution in [2.24, 2.45) is 5.73 Å². The Kier molecular flexibility index (Phi) is 3.42. The van der Waals surface area contributed by atoms with E-state index < -0.39 is 6.04 Å². The first-order chi connectivity index (χ1) is 7.59. The fourth-order valence-electron chi connectivity index (χ4n) is 1.60. The monoisotopic (exact) mass is 299 g/mol. The van der Waals surface area contributed by atoms with E-state index in [1.807, 2.05) is 17.5 Å². The van der Waals surface area contributed by atoms with Crippen LogP contribution in [-0.4, -0.2) is 0 Å². The summed E-state index contributed by atoms with van der Waals surface area (Å²) in [5.41, 5.74) is 7.19. The molecule has 0 spiro atoms. The number of halogens is 2. The molecule has 1 aromatic carbocycles. The van der Waals surface area contributed by atoms with Gasteiger partial charge in [-0.15, -0.1) is 11.3 Å². The molecular formula is C12H11BrFNS. The highest BCUT2D eigenvalue weighted by molar-refractivity contribution is 9.10. The summed E-state index contributed by atoms with van der Waals surface area (Å²) in [6.45, 7) is 1.74. The lowest BCUT2D eigenvalue weighted by Gasteiger charge is -2.13. The molecule has 1 atom stereocenters. The van der Waals surface area contributed by atoms with Crippen molar-refractivity contribution in [2.45, 2.75) is 13.0 Å². The topological polar surface area (TPSA) is 26.0 Å². The summed E-state index contributed by atoms with van der Waals surface area (Å²) in [6.07, 6.45) is 0. The largest absolute Gasteiger partial charge is 0.320 e. The molecule has 2 aromatic rings. The molecule has 0 unspecified atom stereocenters. The standard InChI is InChI=1S/C12H11BrFNS/c1-7-5-8(13)6-9(11(7)14)12(15)10-3-2-4-16-10/h2-6,12H,15H2,1H3/t12-/m0/s1. The van der Waals surface area contributed by atoms with Gasteiger partial charge in [0.2, 0.25) is 0 Å². The molecule has 0 amide bonds. The van der Waals surface area contributed by atoms with E-state index in [9.17, 15) is 4.39 Å². The molecule has 0 radical (unpaired) electrons. The summed E-state index contributed by atoms with van der Waals surface area (Å²) >= 11 is 4.90. The molecule has 2 rings (SSSR count). The third kappa shape index (κ3) is 2.19. The minimum absolute atomic E-state index is 0.218. The Labute approximate surface area is 106 Å². The van der Waals surface area contributed by atoms with Crippen LogP contribution in [0.1, 0.15) is 22.0 Å². The molecule has 0 aliphatic carbocycles. The van der Waals surface area contributed by atoms with Crippen LogP contribution in [0.3, 0.4) is 0 Å². The highest BCUT2D eigenvalue weighted by Crippen LogP contribution is 2.29. The van der Waals surface area contributed by atoms with Crippen LogP contribution < -0.4 is 5.73 Å². The zero-order valence-electron chi connectivity index (χ0n) is 8.71. The van der Waals surface area contributed by atoms with Crippen molar-refractivity contribution in [3.05, 3.63) is 55.9 Å². The van der Waals surface area contributed by atoms with Crippen molar-refractivity contribution in [3.63, 3.8) is 0 Å². The number of rotatable bonds is 2. The van der Waals surface area contributed by atoms with Crippen LogP contribution in [0.15, 0.2) is 34.1 Å². The van der Waals surface area contributed by atoms with E-state index in [2.05, 4.69) is 15.9 Å². The van der Waals surface area contributed by atoms with Crippen LogP contribution in [-0.2, 0) is 0 Å². The summed E-state index contributed by atoms with van der Waals surface area (Å²) in [4.78, 5) is 0.969. The van der Waals surface area contributed by atoms with Gasteiger partial charge in [0.15, 0.2) is 0 Å². The van der Waals surface area contributed by atoms with E-state index in [0.29, 0.717) is 11.1 Å². The fraction of sp³-hybridized carbons (Fsp3) is 0.167. The van der Waals surface area contributed by atoms with Gasteiger partial charge in [0.25, 0.3) is 0 Å². The molecule has 2 N–H and O–H groups in total. The summed E-state index contributed by atoms with van der Waals surface area (Å²) in [5.74, 6) is -0.218. The van der Waals surface area contributed by atoms with Crippen molar-refractivity contribution in [1.82, 2.24) is 0 Å². The van der Waals surface area contributed by atoms with E-state index in [0.717, 1.165) is 9.35 Å². The van der Waals surface area contributed by atoms with Crippen molar-refractivity contribution in [3.8, 4) is 0 Å². The van der Waals surface area contributed by atoms with Crippen molar-refractivity contribution < 1.29 is 4.39 Å². The number of hydrogen-bond donors (Lipinski definition) is 1. The molecule has 1 nitrogen and oxygen atoms in total. The first-order valence-electron chi connectivity index (χ1n) is 4.84. The third-order valence-corrected chi connectivity index (χ3v) is 3.85. The Morgan fingerprint density at radius 3 is 2.81 bits per heavy atom. The lowest BCUT2D eigenvalue weighted by molar-refractivity contribution is 0.592. The first-order valence-corrected chi connectivity index (χ1v) is 6.51. The van der Waals surface area contributed by atoms with Crippen molar-refractivity contribution in [1.29, 1.82) is 0 Å². The Hall–Kier alpha value is -0.710. The zero-order valence-corrected chi connectivity index (χ0v) is 11.1. The third-order valence-electron chi connectivity index (χ3n) is 2.43. The Morgan fingerprint density at radius 1 is 1.44 bits per heavy atom. The van der Waals surface area contributed by atoms with Gasteiger partial charge in [0, 0.05) is 14.9 Å². The van der Waals surface area contributed by atoms with Gasteiger partial charge in [-0.1, -0.05) is 22.0 Å². The van der Waals surface area contributed by atoms with Gasteiger partial charge in [0.05, 0.1) is 6.04 Å². The van der Waals surface area contributed by atoms with Crippen molar-refractivity contribution in [2.75, 3.05) is 0 Å². The van der Waals surface area contributed by atoms with Gasteiger partial charge in [-0.05, 0) is 36.1 Å². The van der Waals surface area contributed by atoms with Crippen LogP contribution in [0.5, 0.6) is 0 Å². The smallest absolute Gasteiger partial charge is 0.131 e. The fourth-order valence-corrected chi connectivity index (χ4v) is 2.93. The molecule has 0 aliphatic rings. The maximum absolute atomic E-state index is 13.9. The SMILES string of the molecule is Cc1cc(Br)cc([C@H](N)c2cccs2)c1F. The van der Waals surface area contributed by atoms with Crippen LogP contribution in [0.25, 0.3) is 0 Å². The van der Waals surface area contributed by atoms with E-state index in [1.54, 1.807) is 19.1 Å². The molecule has 4 heteroatoms. The van der Waals surface area contributed by atoms with Gasteiger partial charge >= 0.3 is 0 Å². The van der Waals surface area contributed by atoms with Gasteiger partial charge in [-0.3, -0.25) is 0 Å². The molecule has 16 heavy (non-hydrogen) atoms. The summed E-state index contributed by atoms with van der Waals surface area (Å²) in [7, 11) is 0. The lowest BCUT2D eigenvalue weighted by atomic mass is 10.0. The zero-order chi connectivity index (χ0) is 11.7. The summed E-state index contributed by atoms with van der Waals surface area (Å²) in [5, 5.41) is 1.94. The minimum Gasteiger partial charge on any atom is -0.320 e. The van der Waals surface area contributed by atoms with Crippen LogP contribution in [0, 0.1) is 12.7 Å². The second-order valence-electron chi connectivity index (χ2n) is 3.62. The van der Waals surface area contributed by atoms with Gasteiger partial charge in [-0.25, -0.2) is 4.39 Å². The predicted molar refractivity (Wildman–Crippen MR) is 69.2 cm³/mol. The molecule has 0 bridgehead atoms. The number of thiophene rings is 1. The number of nitrogens with two attached hydrogens (primary N) is 1. The Bertz CT molecular complexity index is 496. The Balaban J connectivity index is 2.48. The molecule has 0 saturated carbocycles. The van der Waals surface area contributed by atoms with Crippen LogP contribution in [0.4, 0.5) is 4.39 Å². The number of aryl methyl sites for hydroxylation is 1. The van der Waals surface area contributed by atoms with Crippen LogP contribution >= 0.6 is 27.3 Å². The number of benzene rings is 1. The Morgan fingerprint density at radius 2 is 2.19 bits per heavy atom. The predicted octanol–water partition coefficient (Wildman–Crippen LogP) is 4.01.